The van der Waals surface area contributed by atoms with Crippen molar-refractivity contribution in [3.05, 3.63) is 35.4 Å². The lowest BCUT2D eigenvalue weighted by Gasteiger charge is -2.31. The van der Waals surface area contributed by atoms with Crippen LogP contribution in [0.15, 0.2) is 24.3 Å². The van der Waals surface area contributed by atoms with Crippen LogP contribution in [0.5, 0.6) is 0 Å². The second-order valence-corrected chi connectivity index (χ2v) is 6.12. The summed E-state index contributed by atoms with van der Waals surface area (Å²) >= 11 is 0. The normalized spacial score (nSPS) is 28.9. The van der Waals surface area contributed by atoms with E-state index in [1.165, 1.54) is 11.1 Å². The molecule has 1 aromatic carbocycles. The van der Waals surface area contributed by atoms with Crippen molar-refractivity contribution in [3.8, 4) is 0 Å². The number of carboxylic acids is 1. The lowest BCUT2D eigenvalue weighted by molar-refractivity contribution is -0.143. The van der Waals surface area contributed by atoms with Gasteiger partial charge in [0.15, 0.2) is 0 Å². The minimum atomic E-state index is -0.652. The molecule has 1 aliphatic heterocycles. The van der Waals surface area contributed by atoms with E-state index in [2.05, 4.69) is 29.6 Å². The lowest BCUT2D eigenvalue weighted by atomic mass is 9.85. The molecule has 3 atom stereocenters. The number of carboxylic acid groups (broad SMARTS) is 1. The summed E-state index contributed by atoms with van der Waals surface area (Å²) in [5.74, 6) is -0.837. The molecular weight excluding hydrogens is 266 g/mol. The highest BCUT2D eigenvalue weighted by atomic mass is 16.5. The van der Waals surface area contributed by atoms with Crippen LogP contribution in [0.1, 0.15) is 42.9 Å². The highest BCUT2D eigenvalue weighted by Crippen LogP contribution is 2.28. The van der Waals surface area contributed by atoms with E-state index in [1.807, 2.05) is 0 Å². The summed E-state index contributed by atoms with van der Waals surface area (Å²) in [4.78, 5) is 11.1. The van der Waals surface area contributed by atoms with E-state index in [9.17, 15) is 4.79 Å². The van der Waals surface area contributed by atoms with E-state index in [4.69, 9.17) is 9.84 Å². The van der Waals surface area contributed by atoms with Crippen molar-refractivity contribution in [2.75, 3.05) is 13.2 Å². The van der Waals surface area contributed by atoms with Gasteiger partial charge in [-0.15, -0.1) is 0 Å². The minimum absolute atomic E-state index is 0.0974. The molecule has 3 rings (SSSR count). The number of aliphatic carboxylic acids is 1. The van der Waals surface area contributed by atoms with Crippen molar-refractivity contribution in [3.63, 3.8) is 0 Å². The maximum atomic E-state index is 11.1. The Morgan fingerprint density at radius 2 is 2.19 bits per heavy atom. The molecule has 4 nitrogen and oxygen atoms in total. The van der Waals surface area contributed by atoms with Crippen molar-refractivity contribution < 1.29 is 14.6 Å². The summed E-state index contributed by atoms with van der Waals surface area (Å²) in [6, 6.07) is 8.75. The molecule has 114 valence electrons. The lowest BCUT2D eigenvalue weighted by Crippen LogP contribution is -2.39. The van der Waals surface area contributed by atoms with E-state index in [0.29, 0.717) is 6.04 Å². The summed E-state index contributed by atoms with van der Waals surface area (Å²) in [6.45, 7) is 1.54. The smallest absolute Gasteiger partial charge is 0.306 e. The molecule has 0 spiro atoms. The van der Waals surface area contributed by atoms with E-state index >= 15 is 0 Å². The predicted octanol–water partition coefficient (Wildman–Crippen LogP) is 2.53. The average Bonchev–Trinajstić information content (AvgIpc) is 2.53. The van der Waals surface area contributed by atoms with Crippen LogP contribution in [-0.4, -0.2) is 30.3 Å². The molecule has 4 heteroatoms. The van der Waals surface area contributed by atoms with Crippen molar-refractivity contribution in [2.24, 2.45) is 5.92 Å². The van der Waals surface area contributed by atoms with Crippen LogP contribution in [0.3, 0.4) is 0 Å². The van der Waals surface area contributed by atoms with Crippen molar-refractivity contribution in [1.82, 2.24) is 5.32 Å². The Morgan fingerprint density at radius 1 is 1.33 bits per heavy atom. The van der Waals surface area contributed by atoms with Crippen LogP contribution in [0.4, 0.5) is 0 Å². The molecule has 0 bridgehead atoms. The van der Waals surface area contributed by atoms with E-state index in [0.717, 1.165) is 45.3 Å². The monoisotopic (exact) mass is 289 g/mol. The molecular formula is C17H23NO3. The zero-order valence-corrected chi connectivity index (χ0v) is 12.3. The Morgan fingerprint density at radius 3 is 3.05 bits per heavy atom. The Balaban J connectivity index is 1.57. The van der Waals surface area contributed by atoms with Gasteiger partial charge in [0.25, 0.3) is 0 Å². The molecule has 1 aromatic rings. The molecule has 0 amide bonds. The van der Waals surface area contributed by atoms with E-state index in [-0.39, 0.29) is 12.0 Å². The van der Waals surface area contributed by atoms with Gasteiger partial charge in [-0.05, 0) is 36.8 Å². The van der Waals surface area contributed by atoms with E-state index < -0.39 is 5.97 Å². The van der Waals surface area contributed by atoms with Gasteiger partial charge in [-0.3, -0.25) is 4.79 Å². The summed E-state index contributed by atoms with van der Waals surface area (Å²) in [5, 5.41) is 12.7. The SMILES string of the molecule is O=C(O)C1CCCC(NCC2OCCc3ccccc32)C1. The molecule has 2 N–H and O–H groups in total. The second-order valence-electron chi connectivity index (χ2n) is 6.12. The predicted molar refractivity (Wildman–Crippen MR) is 80.2 cm³/mol. The quantitative estimate of drug-likeness (QED) is 0.894. The number of ether oxygens (including phenoxy) is 1. The number of fused-ring (bicyclic) bond motifs is 1. The first-order valence-electron chi connectivity index (χ1n) is 7.89. The van der Waals surface area contributed by atoms with Gasteiger partial charge in [0.05, 0.1) is 18.6 Å². The standard InChI is InChI=1S/C17H23NO3/c19-17(20)13-5-3-6-14(10-13)18-11-16-15-7-2-1-4-12(15)8-9-21-16/h1-2,4,7,13-14,16,18H,3,5-6,8-11H2,(H,19,20). The number of benzene rings is 1. The van der Waals surface area contributed by atoms with Gasteiger partial charge in [0, 0.05) is 12.6 Å². The molecule has 1 heterocycles. The van der Waals surface area contributed by atoms with Crippen molar-refractivity contribution in [2.45, 2.75) is 44.2 Å². The molecule has 0 saturated heterocycles. The summed E-state index contributed by atoms with van der Waals surface area (Å²) < 4.78 is 5.89. The first-order chi connectivity index (χ1) is 10.2. The summed E-state index contributed by atoms with van der Waals surface area (Å²) in [5.41, 5.74) is 2.66. The number of carbonyl (C=O) groups is 1. The Kier molecular flexibility index (Phi) is 4.56. The molecule has 0 aromatic heterocycles. The van der Waals surface area contributed by atoms with Crippen LogP contribution in [-0.2, 0) is 16.0 Å². The fourth-order valence-electron chi connectivity index (χ4n) is 3.52. The molecule has 1 saturated carbocycles. The van der Waals surface area contributed by atoms with Crippen LogP contribution in [0, 0.1) is 5.92 Å². The van der Waals surface area contributed by atoms with E-state index in [1.54, 1.807) is 0 Å². The molecule has 1 aliphatic carbocycles. The average molecular weight is 289 g/mol. The second kappa shape index (κ2) is 6.58. The molecule has 2 aliphatic rings. The van der Waals surface area contributed by atoms with Crippen LogP contribution in [0.25, 0.3) is 0 Å². The topological polar surface area (TPSA) is 58.6 Å². The van der Waals surface area contributed by atoms with Crippen LogP contribution < -0.4 is 5.32 Å². The zero-order chi connectivity index (χ0) is 14.7. The Bertz CT molecular complexity index is 503. The van der Waals surface area contributed by atoms with Gasteiger partial charge in [0.2, 0.25) is 0 Å². The molecule has 3 unspecified atom stereocenters. The highest BCUT2D eigenvalue weighted by Gasteiger charge is 2.28. The number of hydrogen-bond donors (Lipinski definition) is 2. The fourth-order valence-corrected chi connectivity index (χ4v) is 3.52. The first kappa shape index (κ1) is 14.5. The molecule has 0 radical (unpaired) electrons. The van der Waals surface area contributed by atoms with Gasteiger partial charge in [-0.25, -0.2) is 0 Å². The largest absolute Gasteiger partial charge is 0.481 e. The number of hydrogen-bond acceptors (Lipinski definition) is 3. The van der Waals surface area contributed by atoms with Gasteiger partial charge in [0.1, 0.15) is 0 Å². The van der Waals surface area contributed by atoms with Crippen LogP contribution >= 0.6 is 0 Å². The Hall–Kier alpha value is -1.39. The van der Waals surface area contributed by atoms with Crippen molar-refractivity contribution in [1.29, 1.82) is 0 Å². The van der Waals surface area contributed by atoms with Crippen molar-refractivity contribution >= 4 is 5.97 Å². The fraction of sp³-hybridized carbons (Fsp3) is 0.588. The third-order valence-electron chi connectivity index (χ3n) is 4.71. The summed E-state index contributed by atoms with van der Waals surface area (Å²) in [7, 11) is 0. The van der Waals surface area contributed by atoms with Gasteiger partial charge < -0.3 is 15.2 Å². The third-order valence-corrected chi connectivity index (χ3v) is 4.71. The van der Waals surface area contributed by atoms with Gasteiger partial charge >= 0.3 is 5.97 Å². The number of nitrogens with one attached hydrogen (secondary N) is 1. The number of rotatable bonds is 4. The van der Waals surface area contributed by atoms with Gasteiger partial charge in [-0.2, -0.15) is 0 Å². The van der Waals surface area contributed by atoms with Crippen LogP contribution in [0.2, 0.25) is 0 Å². The first-order valence-corrected chi connectivity index (χ1v) is 7.89. The molecule has 21 heavy (non-hydrogen) atoms. The minimum Gasteiger partial charge on any atom is -0.481 e. The highest BCUT2D eigenvalue weighted by molar-refractivity contribution is 5.70. The molecule has 1 fully saturated rings. The van der Waals surface area contributed by atoms with Gasteiger partial charge in [-0.1, -0.05) is 30.7 Å². The summed E-state index contributed by atoms with van der Waals surface area (Å²) in [6.07, 6.45) is 4.70. The third kappa shape index (κ3) is 3.44. The zero-order valence-electron chi connectivity index (χ0n) is 12.3. The maximum Gasteiger partial charge on any atom is 0.306 e. The Labute approximate surface area is 125 Å². The maximum absolute atomic E-state index is 11.1.